The number of H-pyrrole nitrogens is 1. The summed E-state index contributed by atoms with van der Waals surface area (Å²) in [7, 11) is 3.20. The van der Waals surface area contributed by atoms with Gasteiger partial charge < -0.3 is 99.2 Å². The number of esters is 1. The van der Waals surface area contributed by atoms with Gasteiger partial charge in [0.1, 0.15) is 53.7 Å². The number of aromatic hydroxyl groups is 1. The minimum atomic E-state index is -2.49. The van der Waals surface area contributed by atoms with Crippen molar-refractivity contribution in [3.05, 3.63) is 90.1 Å². The van der Waals surface area contributed by atoms with Crippen molar-refractivity contribution < 1.29 is 101 Å². The van der Waals surface area contributed by atoms with E-state index in [1.807, 2.05) is 56.5 Å². The number of aliphatic hydroxyl groups excluding tert-OH is 2. The first kappa shape index (κ1) is 95.7. The van der Waals surface area contributed by atoms with Gasteiger partial charge in [-0.3, -0.25) is 24.0 Å². The SMILES string of the molecule is CO[C@H]1C[C@@H]2CC[C@@H](C)[C@@](O)(O2)C(=O)C(=O)N2CCCC[C@H]2C(=O)O[C@H]([C@H](N)C[C@@H]2CC[C@@H](OCCCCc3cn(CCOCCOCCOCCOCCOCCOCCC(=O)NCCCCn4nc(-c5cc6cc(O)ccc6[nH]5)c5c(N)ncnc54)nn3)[C@H](OC)C2)CC(=O)[C@H](C)/C=C(\C)[C@@H](O)[C@@H](O)C(=O)[C@H](C)C[C@H](C)/C=C/C=CC=C1C. The number of piperidine rings is 1. The van der Waals surface area contributed by atoms with Crippen molar-refractivity contribution in [1.82, 2.24) is 49.9 Å². The molecule has 2 amide bonds. The normalized spacial score (nSPS) is 26.7. The summed E-state index contributed by atoms with van der Waals surface area (Å²) in [5.74, 6) is -8.50. The largest absolute Gasteiger partial charge is 0.508 e. The van der Waals surface area contributed by atoms with E-state index in [9.17, 15) is 49.2 Å². The van der Waals surface area contributed by atoms with Gasteiger partial charge in [0.05, 0.1) is 127 Å². The summed E-state index contributed by atoms with van der Waals surface area (Å²) in [6.07, 6.45) is 16.6. The highest BCUT2D eigenvalue weighted by atomic mass is 16.6. The third kappa shape index (κ3) is 28.7. The second-order valence-corrected chi connectivity index (χ2v) is 32.3. The van der Waals surface area contributed by atoms with Crippen LogP contribution in [0, 0.1) is 29.6 Å². The van der Waals surface area contributed by atoms with Crippen LogP contribution in [0.3, 0.4) is 0 Å². The Bertz CT molecular complexity index is 4180. The van der Waals surface area contributed by atoms with Gasteiger partial charge in [-0.05, 0) is 157 Å². The number of allylic oxidation sites excluding steroid dienone is 6. The van der Waals surface area contributed by atoms with Crippen molar-refractivity contribution in [2.24, 2.45) is 35.3 Å². The number of carbonyl (C=O) groups excluding carboxylic acids is 6. The molecule has 15 atom stereocenters. The molecular weight excluding hydrogens is 1550 g/mol. The molecule has 0 radical (unpaired) electrons. The van der Waals surface area contributed by atoms with E-state index in [-0.39, 0.29) is 80.1 Å². The maximum atomic E-state index is 14.7. The summed E-state index contributed by atoms with van der Waals surface area (Å²) in [4.78, 5) is 97.1. The molecule has 1 aromatic carbocycles. The summed E-state index contributed by atoms with van der Waals surface area (Å²) in [6.45, 7) is 17.2. The number of nitrogen functional groups attached to an aromatic ring is 1. The zero-order chi connectivity index (χ0) is 86.1. The molecule has 10 N–H and O–H groups in total. The fraction of sp³-hybridized carbons (Fsp3) is 0.667. The first-order valence-corrected chi connectivity index (χ1v) is 42.8. The lowest BCUT2D eigenvalue weighted by molar-refractivity contribution is -0.265. The number of aromatic nitrogens is 8. The zero-order valence-electron chi connectivity index (χ0n) is 71.2. The summed E-state index contributed by atoms with van der Waals surface area (Å²) < 4.78 is 68.2. The van der Waals surface area contributed by atoms with E-state index in [1.165, 1.54) is 19.3 Å². The Kier molecular flexibility index (Phi) is 39.3. The van der Waals surface area contributed by atoms with Gasteiger partial charge in [-0.25, -0.2) is 24.1 Å². The average molecular weight is 1680 g/mol. The first-order chi connectivity index (χ1) is 57.8. The minimum Gasteiger partial charge on any atom is -0.508 e. The number of carbonyl (C=O) groups is 6. The van der Waals surface area contributed by atoms with Crippen LogP contribution >= 0.6 is 0 Å². The number of Topliss-reactive ketones (excluding diaryl/α,β-unsaturated/α-hetero) is 3. The number of amides is 2. The van der Waals surface area contributed by atoms with Gasteiger partial charge >= 0.3 is 5.97 Å². The predicted molar refractivity (Wildman–Crippen MR) is 446 cm³/mol. The number of rotatable bonds is 38. The summed E-state index contributed by atoms with van der Waals surface area (Å²) in [6, 6.07) is 4.88. The van der Waals surface area contributed by atoms with Gasteiger partial charge in [0.15, 0.2) is 11.4 Å². The number of phenolic OH excluding ortho intramolecular Hbond substituents is 1. The Balaban J connectivity index is 0.614. The number of nitrogens with zero attached hydrogens (tertiary/aromatic N) is 8. The van der Waals surface area contributed by atoms with E-state index in [2.05, 4.69) is 30.6 Å². The lowest BCUT2D eigenvalue weighted by Crippen LogP contribution is -2.61. The third-order valence-electron chi connectivity index (χ3n) is 23.0. The molecule has 1 saturated carbocycles. The number of nitrogens with one attached hydrogen (secondary N) is 2. The van der Waals surface area contributed by atoms with Crippen LogP contribution in [0.4, 0.5) is 5.82 Å². The third-order valence-corrected chi connectivity index (χ3v) is 23.0. The number of hydrogen-bond acceptors (Lipinski definition) is 28. The molecule has 7 heterocycles. The van der Waals surface area contributed by atoms with Crippen LogP contribution < -0.4 is 16.8 Å². The van der Waals surface area contributed by atoms with Crippen molar-refractivity contribution in [2.45, 2.75) is 231 Å². The van der Waals surface area contributed by atoms with E-state index in [4.69, 9.17) is 68.7 Å². The molecule has 4 aliphatic rings. The van der Waals surface area contributed by atoms with Gasteiger partial charge in [0.25, 0.3) is 11.7 Å². The zero-order valence-corrected chi connectivity index (χ0v) is 71.2. The predicted octanol–water partition coefficient (Wildman–Crippen LogP) is 7.52. The van der Waals surface area contributed by atoms with Gasteiger partial charge in [-0.15, -0.1) is 5.10 Å². The van der Waals surface area contributed by atoms with E-state index in [1.54, 1.807) is 62.6 Å². The molecule has 664 valence electrons. The molecule has 0 spiro atoms. The molecule has 2 bridgehead atoms. The lowest BCUT2D eigenvalue weighted by Gasteiger charge is -2.42. The Morgan fingerprint density at radius 1 is 0.758 bits per heavy atom. The molecule has 3 aliphatic heterocycles. The van der Waals surface area contributed by atoms with Crippen LogP contribution in [0.1, 0.15) is 156 Å². The van der Waals surface area contributed by atoms with Gasteiger partial charge in [0, 0.05) is 101 Å². The number of aliphatic hydroxyl groups is 3. The number of phenols is 1. The molecule has 1 aliphatic carbocycles. The summed E-state index contributed by atoms with van der Waals surface area (Å²) in [5, 5.41) is 62.4. The molecular formula is C87H130N12O21. The monoisotopic (exact) mass is 1680 g/mol. The van der Waals surface area contributed by atoms with Crippen LogP contribution in [-0.4, -0.2) is 274 Å². The number of methoxy groups -OCH3 is 2. The molecule has 33 heteroatoms. The molecule has 33 nitrogen and oxygen atoms in total. The van der Waals surface area contributed by atoms with Crippen LogP contribution in [0.15, 0.2) is 84.4 Å². The Hall–Kier alpha value is -8.13. The summed E-state index contributed by atoms with van der Waals surface area (Å²) >= 11 is 0. The number of aryl methyl sites for hydroxylation is 2. The van der Waals surface area contributed by atoms with E-state index in [0.717, 1.165) is 58.4 Å². The maximum Gasteiger partial charge on any atom is 0.329 e. The van der Waals surface area contributed by atoms with Gasteiger partial charge in [-0.1, -0.05) is 69.4 Å². The quantitative estimate of drug-likeness (QED) is 0.00819. The highest BCUT2D eigenvalue weighted by Crippen LogP contribution is 2.39. The Morgan fingerprint density at radius 2 is 1.48 bits per heavy atom. The van der Waals surface area contributed by atoms with Crippen LogP contribution in [0.25, 0.3) is 33.3 Å². The van der Waals surface area contributed by atoms with Crippen molar-refractivity contribution >= 4 is 62.9 Å². The van der Waals surface area contributed by atoms with Crippen molar-refractivity contribution in [3.8, 4) is 17.1 Å². The number of nitrogens with two attached hydrogens (primary N) is 2. The number of fused-ring (bicyclic) bond motifs is 5. The molecule has 5 aromatic rings. The van der Waals surface area contributed by atoms with Gasteiger partial charge in [-0.2, -0.15) is 5.10 Å². The van der Waals surface area contributed by atoms with Crippen LogP contribution in [0.5, 0.6) is 5.75 Å². The van der Waals surface area contributed by atoms with E-state index in [0.29, 0.717) is 186 Å². The molecule has 3 fully saturated rings. The lowest BCUT2D eigenvalue weighted by atomic mass is 9.80. The number of unbranched alkanes of at least 4 members (excludes halogenated alkanes) is 2. The number of benzene rings is 1. The fourth-order valence-corrected chi connectivity index (χ4v) is 15.9. The number of ether oxygens (including phenoxy) is 11. The number of anilines is 1. The molecule has 120 heavy (non-hydrogen) atoms. The highest BCUT2D eigenvalue weighted by Gasteiger charge is 2.53. The Labute approximate surface area is 703 Å². The van der Waals surface area contributed by atoms with E-state index < -0.39 is 95.4 Å². The first-order valence-electron chi connectivity index (χ1n) is 42.8. The maximum absolute atomic E-state index is 14.7. The smallest absolute Gasteiger partial charge is 0.329 e. The van der Waals surface area contributed by atoms with E-state index >= 15 is 0 Å². The minimum absolute atomic E-state index is 0.0257. The number of cyclic esters (lactones) is 1. The molecule has 2 saturated heterocycles. The summed E-state index contributed by atoms with van der Waals surface area (Å²) in [5.41, 5.74) is 18.1. The van der Waals surface area contributed by atoms with Crippen LogP contribution in [0.2, 0.25) is 0 Å². The van der Waals surface area contributed by atoms with Crippen molar-refractivity contribution in [3.63, 3.8) is 0 Å². The average Bonchev–Trinajstić information content (AvgIpc) is 1.59. The molecule has 9 rings (SSSR count). The topological polar surface area (TPSA) is 442 Å². The fourth-order valence-electron chi connectivity index (χ4n) is 15.9. The van der Waals surface area contributed by atoms with Crippen molar-refractivity contribution in [1.29, 1.82) is 0 Å². The molecule has 4 aromatic heterocycles. The second-order valence-electron chi connectivity index (χ2n) is 32.3. The molecule has 0 unspecified atom stereocenters. The van der Waals surface area contributed by atoms with Crippen molar-refractivity contribution in [2.75, 3.05) is 119 Å². The van der Waals surface area contributed by atoms with Gasteiger partial charge in [0.2, 0.25) is 11.7 Å². The highest BCUT2D eigenvalue weighted by molar-refractivity contribution is 6.39. The number of hydrogen-bond donors (Lipinski definition) is 8. The Morgan fingerprint density at radius 3 is 2.19 bits per heavy atom. The number of aromatic amines is 1. The van der Waals surface area contributed by atoms with Crippen LogP contribution in [-0.2, 0) is 100 Å². The second kappa shape index (κ2) is 49.2. The standard InChI is InChI=1S/C87H130N12O21/c1-56-18-10-9-11-19-57(2)73(110-7)52-66-25-22-61(6)87(109,120-66)82(106)85(107)98-30-15-12-21-70(98)86(108)119-74(53-71(101)58(3)47-60(5)80(104)81(105)79(103)59(4)46-56)67(88)48-62-23-27-72(75(49-62)111-8)118-33-17-13-20-64-54-97(96-94-64)32-35-113-37-39-115-41-43-117-45-44-116-42-40-114-38-36-112-34-28-76(102)90-29-14-16-31-99-84-77(83(89)91-55-92-84)78(95-99)69-51-63-50-65(100)24-26-68(63)93-69/h9-11,18-19,24,26,47,50-51,54-56,58-59,61-62,66-67,70,72-75,80-81,93,100,104-105,109H,12-17,20-23,25,27-46,48-49,52-53,88H2,1-8H3,(H,90,102)(H2,89,91,92)/b11-9?,18-10+,57-19?,60-47+/t56-,58-,59-,61-,62+,66+,67-,70+,72-,73+,74+,75-,80-,81+,87-/m1/s1. The number of ketones is 3.